The van der Waals surface area contributed by atoms with Crippen molar-refractivity contribution in [2.24, 2.45) is 5.41 Å². The standard InChI is InChI=1S/C14H24N2O4/c1-2-13(4-3-5-13)10-15-12(19)16-14(11(17)18)6-8-20-9-7-14/h2-10H2,1H3,(H,17,18)(H2,15,16,19). The van der Waals surface area contributed by atoms with Gasteiger partial charge in [-0.05, 0) is 24.7 Å². The van der Waals surface area contributed by atoms with Gasteiger partial charge in [-0.1, -0.05) is 13.3 Å². The molecule has 0 aromatic rings. The van der Waals surface area contributed by atoms with Gasteiger partial charge in [0.15, 0.2) is 0 Å². The maximum atomic E-state index is 12.0. The lowest BCUT2D eigenvalue weighted by molar-refractivity contribution is -0.148. The van der Waals surface area contributed by atoms with E-state index in [2.05, 4.69) is 17.6 Å². The summed E-state index contributed by atoms with van der Waals surface area (Å²) >= 11 is 0. The summed E-state index contributed by atoms with van der Waals surface area (Å²) < 4.78 is 5.18. The monoisotopic (exact) mass is 284 g/mol. The zero-order valence-electron chi connectivity index (χ0n) is 12.0. The zero-order valence-corrected chi connectivity index (χ0v) is 12.0. The van der Waals surface area contributed by atoms with Crippen LogP contribution in [-0.2, 0) is 9.53 Å². The van der Waals surface area contributed by atoms with Gasteiger partial charge >= 0.3 is 12.0 Å². The fraction of sp³-hybridized carbons (Fsp3) is 0.857. The van der Waals surface area contributed by atoms with Crippen molar-refractivity contribution in [3.8, 4) is 0 Å². The highest BCUT2D eigenvalue weighted by Crippen LogP contribution is 2.43. The summed E-state index contributed by atoms with van der Waals surface area (Å²) in [5.74, 6) is -0.982. The number of urea groups is 1. The third kappa shape index (κ3) is 3.06. The van der Waals surface area contributed by atoms with Crippen molar-refractivity contribution < 1.29 is 19.4 Å². The third-order valence-corrected chi connectivity index (χ3v) is 4.90. The van der Waals surface area contributed by atoms with Crippen LogP contribution in [0.2, 0.25) is 0 Å². The number of hydrogen-bond acceptors (Lipinski definition) is 3. The van der Waals surface area contributed by atoms with Crippen molar-refractivity contribution in [1.29, 1.82) is 0 Å². The minimum Gasteiger partial charge on any atom is -0.480 e. The lowest BCUT2D eigenvalue weighted by Gasteiger charge is -2.41. The molecule has 1 aliphatic heterocycles. The number of carbonyl (C=O) groups excluding carboxylic acids is 1. The molecule has 6 heteroatoms. The van der Waals surface area contributed by atoms with E-state index in [4.69, 9.17) is 4.74 Å². The van der Waals surface area contributed by atoms with E-state index in [1.54, 1.807) is 0 Å². The van der Waals surface area contributed by atoms with Crippen LogP contribution in [0.15, 0.2) is 0 Å². The van der Waals surface area contributed by atoms with Gasteiger partial charge in [-0.3, -0.25) is 0 Å². The molecule has 0 aromatic carbocycles. The van der Waals surface area contributed by atoms with Crippen molar-refractivity contribution in [3.63, 3.8) is 0 Å². The average Bonchev–Trinajstić information content (AvgIpc) is 2.39. The Hall–Kier alpha value is -1.30. The SMILES string of the molecule is CCC1(CNC(=O)NC2(C(=O)O)CCOCC2)CCC1. The summed E-state index contributed by atoms with van der Waals surface area (Å²) in [6.45, 7) is 3.49. The molecule has 0 radical (unpaired) electrons. The number of carbonyl (C=O) groups is 2. The van der Waals surface area contributed by atoms with E-state index in [0.29, 0.717) is 32.6 Å². The third-order valence-electron chi connectivity index (χ3n) is 4.90. The van der Waals surface area contributed by atoms with Crippen molar-refractivity contribution in [1.82, 2.24) is 10.6 Å². The Bertz CT molecular complexity index is 368. The van der Waals surface area contributed by atoms with Crippen molar-refractivity contribution >= 4 is 12.0 Å². The van der Waals surface area contributed by atoms with E-state index in [1.165, 1.54) is 6.42 Å². The molecule has 3 N–H and O–H groups in total. The van der Waals surface area contributed by atoms with Gasteiger partial charge in [0.2, 0.25) is 0 Å². The predicted octanol–water partition coefficient (Wildman–Crippen LogP) is 1.50. The molecule has 1 saturated heterocycles. The molecule has 0 spiro atoms. The Kier molecular flexibility index (Phi) is 4.52. The number of ether oxygens (including phenoxy) is 1. The van der Waals surface area contributed by atoms with Gasteiger partial charge in [0, 0.05) is 32.6 Å². The molecule has 2 amide bonds. The van der Waals surface area contributed by atoms with Gasteiger partial charge in [0.05, 0.1) is 0 Å². The fourth-order valence-corrected chi connectivity index (χ4v) is 2.97. The summed E-state index contributed by atoms with van der Waals surface area (Å²) in [5.41, 5.74) is -0.954. The zero-order chi connectivity index (χ0) is 14.6. The molecule has 0 unspecified atom stereocenters. The van der Waals surface area contributed by atoms with E-state index in [9.17, 15) is 14.7 Å². The Balaban J connectivity index is 1.87. The maximum Gasteiger partial charge on any atom is 0.329 e. The summed E-state index contributed by atoms with van der Waals surface area (Å²) in [4.78, 5) is 23.4. The number of carboxylic acid groups (broad SMARTS) is 1. The van der Waals surface area contributed by atoms with Crippen LogP contribution in [0, 0.1) is 5.41 Å². The average molecular weight is 284 g/mol. The Labute approximate surface area is 119 Å². The van der Waals surface area contributed by atoms with Crippen LogP contribution in [0.5, 0.6) is 0 Å². The highest BCUT2D eigenvalue weighted by atomic mass is 16.5. The van der Waals surface area contributed by atoms with Crippen LogP contribution in [-0.4, -0.2) is 42.4 Å². The molecule has 6 nitrogen and oxygen atoms in total. The molecule has 2 rings (SSSR count). The number of nitrogens with one attached hydrogen (secondary N) is 2. The molecular formula is C14H24N2O4. The molecule has 2 aliphatic rings. The number of rotatable bonds is 5. The minimum absolute atomic E-state index is 0.226. The van der Waals surface area contributed by atoms with Crippen LogP contribution in [0.4, 0.5) is 4.79 Å². The maximum absolute atomic E-state index is 12.0. The second-order valence-corrected chi connectivity index (χ2v) is 6.01. The van der Waals surface area contributed by atoms with Gasteiger partial charge in [0.1, 0.15) is 5.54 Å². The van der Waals surface area contributed by atoms with Crippen LogP contribution in [0.3, 0.4) is 0 Å². The van der Waals surface area contributed by atoms with E-state index in [0.717, 1.165) is 19.3 Å². The smallest absolute Gasteiger partial charge is 0.329 e. The highest BCUT2D eigenvalue weighted by Gasteiger charge is 2.42. The van der Waals surface area contributed by atoms with E-state index < -0.39 is 11.5 Å². The lowest BCUT2D eigenvalue weighted by atomic mass is 9.67. The van der Waals surface area contributed by atoms with Gasteiger partial charge in [0.25, 0.3) is 0 Å². The van der Waals surface area contributed by atoms with Crippen LogP contribution in [0.25, 0.3) is 0 Å². The first-order valence-electron chi connectivity index (χ1n) is 7.39. The second-order valence-electron chi connectivity index (χ2n) is 6.01. The summed E-state index contributed by atoms with van der Waals surface area (Å²) in [7, 11) is 0. The largest absolute Gasteiger partial charge is 0.480 e. The number of carboxylic acids is 1. The van der Waals surface area contributed by atoms with Crippen LogP contribution < -0.4 is 10.6 Å². The molecule has 1 aliphatic carbocycles. The molecule has 0 atom stereocenters. The van der Waals surface area contributed by atoms with Gasteiger partial charge in [-0.25, -0.2) is 9.59 Å². The molecule has 114 valence electrons. The first kappa shape index (κ1) is 15.1. The molecule has 1 heterocycles. The van der Waals surface area contributed by atoms with Crippen molar-refractivity contribution in [3.05, 3.63) is 0 Å². The van der Waals surface area contributed by atoms with Gasteiger partial charge < -0.3 is 20.5 Å². The molecule has 2 fully saturated rings. The fourth-order valence-electron chi connectivity index (χ4n) is 2.97. The predicted molar refractivity (Wildman–Crippen MR) is 73.5 cm³/mol. The first-order chi connectivity index (χ1) is 9.52. The summed E-state index contributed by atoms with van der Waals surface area (Å²) in [6.07, 6.45) is 5.17. The second kappa shape index (κ2) is 5.99. The molecule has 0 aromatic heterocycles. The topological polar surface area (TPSA) is 87.7 Å². The number of amides is 2. The quantitative estimate of drug-likeness (QED) is 0.714. The molecule has 20 heavy (non-hydrogen) atoms. The van der Waals surface area contributed by atoms with E-state index >= 15 is 0 Å². The van der Waals surface area contributed by atoms with Gasteiger partial charge in [-0.15, -0.1) is 0 Å². The number of hydrogen-bond donors (Lipinski definition) is 3. The van der Waals surface area contributed by atoms with Gasteiger partial charge in [-0.2, -0.15) is 0 Å². The number of aliphatic carboxylic acids is 1. The highest BCUT2D eigenvalue weighted by molar-refractivity contribution is 5.86. The summed E-state index contributed by atoms with van der Waals surface area (Å²) in [6, 6.07) is -0.381. The summed E-state index contributed by atoms with van der Waals surface area (Å²) in [5, 5.41) is 14.9. The van der Waals surface area contributed by atoms with Crippen molar-refractivity contribution in [2.45, 2.75) is 51.0 Å². The minimum atomic E-state index is -1.18. The first-order valence-corrected chi connectivity index (χ1v) is 7.39. The van der Waals surface area contributed by atoms with Crippen molar-refractivity contribution in [2.75, 3.05) is 19.8 Å². The molecular weight excluding hydrogens is 260 g/mol. The Morgan fingerprint density at radius 1 is 1.20 bits per heavy atom. The molecule has 0 bridgehead atoms. The Morgan fingerprint density at radius 2 is 1.85 bits per heavy atom. The normalized spacial score (nSPS) is 23.4. The lowest BCUT2D eigenvalue weighted by Crippen LogP contribution is -2.60. The van der Waals surface area contributed by atoms with Crippen LogP contribution >= 0.6 is 0 Å². The van der Waals surface area contributed by atoms with E-state index in [1.807, 2.05) is 0 Å². The molecule has 1 saturated carbocycles. The van der Waals surface area contributed by atoms with E-state index in [-0.39, 0.29) is 11.4 Å². The van der Waals surface area contributed by atoms with Crippen LogP contribution in [0.1, 0.15) is 45.4 Å². The Morgan fingerprint density at radius 3 is 2.30 bits per heavy atom.